The maximum atomic E-state index is 12.3. The van der Waals surface area contributed by atoms with E-state index in [4.69, 9.17) is 4.74 Å². The lowest BCUT2D eigenvalue weighted by atomic mass is 10.1. The zero-order valence-electron chi connectivity index (χ0n) is 19.1. The standard InChI is InChI=1S/C25H31N3O4/c1-17-6-7-21(14-18(17)2)32-16-23(29)28-19(3)9-12-27-24(30)22-15-20(10-13-26-22)8-11-25(4,5)31/h6-8,10-11,13-15,31H,3,9,12,16H2,1-2,4-5H3,(H,27,30)(H,28,29)/b11-8+. The number of amides is 2. The summed E-state index contributed by atoms with van der Waals surface area (Å²) in [7, 11) is 0. The normalized spacial score (nSPS) is 11.3. The molecule has 3 N–H and O–H groups in total. The van der Waals surface area contributed by atoms with E-state index in [0.717, 1.165) is 16.7 Å². The molecule has 0 aliphatic heterocycles. The van der Waals surface area contributed by atoms with E-state index >= 15 is 0 Å². The first-order chi connectivity index (χ1) is 15.0. The Balaban J connectivity index is 1.75. The van der Waals surface area contributed by atoms with Crippen molar-refractivity contribution >= 4 is 17.9 Å². The molecule has 0 fully saturated rings. The van der Waals surface area contributed by atoms with E-state index in [-0.39, 0.29) is 24.1 Å². The highest BCUT2D eigenvalue weighted by Crippen LogP contribution is 2.16. The van der Waals surface area contributed by atoms with Gasteiger partial charge in [-0.2, -0.15) is 0 Å². The molecule has 1 heterocycles. The molecule has 0 aliphatic carbocycles. The number of nitrogens with zero attached hydrogens (tertiary/aromatic N) is 1. The Bertz CT molecular complexity index is 1010. The number of nitrogens with one attached hydrogen (secondary N) is 2. The van der Waals surface area contributed by atoms with E-state index in [0.29, 0.717) is 24.4 Å². The molecule has 7 nitrogen and oxygen atoms in total. The third-order valence-corrected chi connectivity index (χ3v) is 4.58. The minimum Gasteiger partial charge on any atom is -0.484 e. The molecule has 0 saturated carbocycles. The minimum atomic E-state index is -0.944. The highest BCUT2D eigenvalue weighted by atomic mass is 16.5. The number of aliphatic hydroxyl groups is 1. The van der Waals surface area contributed by atoms with Gasteiger partial charge in [-0.3, -0.25) is 14.6 Å². The Morgan fingerprint density at radius 3 is 2.62 bits per heavy atom. The Morgan fingerprint density at radius 1 is 1.19 bits per heavy atom. The second-order valence-electron chi connectivity index (χ2n) is 8.15. The number of aromatic nitrogens is 1. The number of rotatable bonds is 10. The number of hydrogen-bond donors (Lipinski definition) is 3. The van der Waals surface area contributed by atoms with Gasteiger partial charge in [-0.1, -0.05) is 24.8 Å². The lowest BCUT2D eigenvalue weighted by Gasteiger charge is -2.11. The molecule has 0 aliphatic rings. The number of pyridine rings is 1. The topological polar surface area (TPSA) is 101 Å². The number of benzene rings is 1. The SMILES string of the molecule is C=C(CCNC(=O)c1cc(/C=C/C(C)(C)O)ccn1)NC(=O)COc1ccc(C)c(C)c1. The van der Waals surface area contributed by atoms with Crippen LogP contribution >= 0.6 is 0 Å². The van der Waals surface area contributed by atoms with Gasteiger partial charge in [0, 0.05) is 24.9 Å². The highest BCUT2D eigenvalue weighted by molar-refractivity contribution is 5.92. The first-order valence-corrected chi connectivity index (χ1v) is 10.4. The third kappa shape index (κ3) is 8.73. The Hall–Kier alpha value is -3.45. The van der Waals surface area contributed by atoms with E-state index < -0.39 is 5.60 Å². The number of carbonyl (C=O) groups excluding carboxylic acids is 2. The van der Waals surface area contributed by atoms with Crippen molar-refractivity contribution in [2.45, 2.75) is 39.7 Å². The van der Waals surface area contributed by atoms with Gasteiger partial charge in [0.1, 0.15) is 11.4 Å². The molecule has 0 radical (unpaired) electrons. The van der Waals surface area contributed by atoms with E-state index in [1.54, 1.807) is 38.1 Å². The van der Waals surface area contributed by atoms with Gasteiger partial charge in [0.05, 0.1) is 5.60 Å². The molecule has 32 heavy (non-hydrogen) atoms. The molecule has 2 aromatic rings. The summed E-state index contributed by atoms with van der Waals surface area (Å²) >= 11 is 0. The van der Waals surface area contributed by atoms with Gasteiger partial charge in [0.15, 0.2) is 6.61 Å². The summed E-state index contributed by atoms with van der Waals surface area (Å²) in [5.41, 5.74) is 2.81. The zero-order chi connectivity index (χ0) is 23.7. The Labute approximate surface area is 189 Å². The second kappa shape index (κ2) is 11.2. The molecule has 170 valence electrons. The summed E-state index contributed by atoms with van der Waals surface area (Å²) in [5, 5.41) is 15.2. The lowest BCUT2D eigenvalue weighted by molar-refractivity contribution is -0.122. The molecular weight excluding hydrogens is 406 g/mol. The van der Waals surface area contributed by atoms with Gasteiger partial charge >= 0.3 is 0 Å². The van der Waals surface area contributed by atoms with Crippen LogP contribution < -0.4 is 15.4 Å². The van der Waals surface area contributed by atoms with Crippen LogP contribution in [0.4, 0.5) is 0 Å². The van der Waals surface area contributed by atoms with Crippen LogP contribution in [0.2, 0.25) is 0 Å². The molecule has 0 saturated heterocycles. The van der Waals surface area contributed by atoms with Gasteiger partial charge in [-0.05, 0) is 68.7 Å². The summed E-state index contributed by atoms with van der Waals surface area (Å²) < 4.78 is 5.50. The lowest BCUT2D eigenvalue weighted by Crippen LogP contribution is -2.31. The zero-order valence-corrected chi connectivity index (χ0v) is 19.1. The van der Waals surface area contributed by atoms with Crippen molar-refractivity contribution in [3.05, 3.63) is 77.3 Å². The molecular formula is C25H31N3O4. The molecule has 0 atom stereocenters. The summed E-state index contributed by atoms with van der Waals surface area (Å²) in [6, 6.07) is 9.03. The average molecular weight is 438 g/mol. The van der Waals surface area contributed by atoms with Crippen molar-refractivity contribution in [3.63, 3.8) is 0 Å². The van der Waals surface area contributed by atoms with Crippen LogP contribution in [0.1, 0.15) is 47.4 Å². The van der Waals surface area contributed by atoms with Crippen LogP contribution in [0.3, 0.4) is 0 Å². The van der Waals surface area contributed by atoms with Crippen LogP contribution in [-0.4, -0.2) is 40.7 Å². The molecule has 0 unspecified atom stereocenters. The molecule has 1 aromatic heterocycles. The molecule has 1 aromatic carbocycles. The van der Waals surface area contributed by atoms with Gasteiger partial charge in [-0.25, -0.2) is 0 Å². The fourth-order valence-electron chi connectivity index (χ4n) is 2.64. The van der Waals surface area contributed by atoms with Crippen molar-refractivity contribution in [2.75, 3.05) is 13.2 Å². The maximum Gasteiger partial charge on any atom is 0.269 e. The number of hydrogen-bond acceptors (Lipinski definition) is 5. The fraction of sp³-hybridized carbons (Fsp3) is 0.320. The summed E-state index contributed by atoms with van der Waals surface area (Å²) in [4.78, 5) is 28.5. The molecule has 7 heteroatoms. The smallest absolute Gasteiger partial charge is 0.269 e. The summed E-state index contributed by atoms with van der Waals surface area (Å²) in [6.45, 7) is 11.3. The average Bonchev–Trinajstić information content (AvgIpc) is 2.72. The van der Waals surface area contributed by atoms with Crippen molar-refractivity contribution in [3.8, 4) is 5.75 Å². The molecule has 0 spiro atoms. The Morgan fingerprint density at radius 2 is 1.94 bits per heavy atom. The van der Waals surface area contributed by atoms with Gasteiger partial charge in [0.25, 0.3) is 11.8 Å². The van der Waals surface area contributed by atoms with Gasteiger partial charge in [-0.15, -0.1) is 0 Å². The first-order valence-electron chi connectivity index (χ1n) is 10.4. The van der Waals surface area contributed by atoms with E-state index in [1.165, 1.54) is 6.20 Å². The van der Waals surface area contributed by atoms with E-state index in [9.17, 15) is 14.7 Å². The quantitative estimate of drug-likeness (QED) is 0.529. The van der Waals surface area contributed by atoms with Crippen molar-refractivity contribution < 1.29 is 19.4 Å². The number of ether oxygens (including phenoxy) is 1. The monoisotopic (exact) mass is 437 g/mol. The number of aryl methyl sites for hydroxylation is 2. The molecule has 0 bridgehead atoms. The van der Waals surface area contributed by atoms with Crippen LogP contribution in [0.15, 0.2) is 54.9 Å². The highest BCUT2D eigenvalue weighted by Gasteiger charge is 2.10. The van der Waals surface area contributed by atoms with E-state index in [2.05, 4.69) is 22.2 Å². The summed E-state index contributed by atoms with van der Waals surface area (Å²) in [6.07, 6.45) is 5.28. The largest absolute Gasteiger partial charge is 0.484 e. The number of carbonyl (C=O) groups is 2. The van der Waals surface area contributed by atoms with Crippen LogP contribution in [0.25, 0.3) is 6.08 Å². The predicted molar refractivity (Wildman–Crippen MR) is 125 cm³/mol. The molecule has 2 amide bonds. The van der Waals surface area contributed by atoms with Crippen LogP contribution in [0.5, 0.6) is 5.75 Å². The van der Waals surface area contributed by atoms with Crippen LogP contribution in [-0.2, 0) is 4.79 Å². The minimum absolute atomic E-state index is 0.122. The maximum absolute atomic E-state index is 12.3. The van der Waals surface area contributed by atoms with Crippen molar-refractivity contribution in [1.29, 1.82) is 0 Å². The fourth-order valence-corrected chi connectivity index (χ4v) is 2.64. The summed E-state index contributed by atoms with van der Waals surface area (Å²) in [5.74, 6) is -0.0125. The Kier molecular flexibility index (Phi) is 8.72. The third-order valence-electron chi connectivity index (χ3n) is 4.58. The second-order valence-corrected chi connectivity index (χ2v) is 8.15. The molecule has 2 rings (SSSR count). The van der Waals surface area contributed by atoms with E-state index in [1.807, 2.05) is 32.0 Å². The van der Waals surface area contributed by atoms with Gasteiger partial charge < -0.3 is 20.5 Å². The first kappa shape index (κ1) is 24.8. The van der Waals surface area contributed by atoms with Crippen LogP contribution in [0, 0.1) is 13.8 Å². The predicted octanol–water partition coefficient (Wildman–Crippen LogP) is 3.31. The van der Waals surface area contributed by atoms with Crippen molar-refractivity contribution in [2.24, 2.45) is 0 Å². The van der Waals surface area contributed by atoms with Gasteiger partial charge in [0.2, 0.25) is 0 Å². The van der Waals surface area contributed by atoms with Crippen molar-refractivity contribution in [1.82, 2.24) is 15.6 Å².